The van der Waals surface area contributed by atoms with Crippen LogP contribution < -0.4 is 0 Å². The lowest BCUT2D eigenvalue weighted by molar-refractivity contribution is -0.137. The second-order valence-electron chi connectivity index (χ2n) is 4.72. The number of nitrogens with zero attached hydrogens (tertiary/aromatic N) is 1. The third-order valence-electron chi connectivity index (χ3n) is 3.16. The maximum absolute atomic E-state index is 12.9. The number of aromatic nitrogens is 2. The van der Waals surface area contributed by atoms with E-state index in [1.807, 2.05) is 0 Å². The average molecular weight is 382 g/mol. The lowest BCUT2D eigenvalue weighted by Crippen LogP contribution is -2.05. The van der Waals surface area contributed by atoms with Crippen LogP contribution in [0.1, 0.15) is 5.56 Å². The number of aromatic hydroxyl groups is 1. The van der Waals surface area contributed by atoms with Crippen molar-refractivity contribution in [1.29, 1.82) is 0 Å². The second-order valence-corrected chi connectivity index (χ2v) is 5.97. The molecule has 0 saturated carbocycles. The Balaban J connectivity index is 2.22. The van der Waals surface area contributed by atoms with Crippen LogP contribution >= 0.6 is 34.8 Å². The molecule has 0 unspecified atom stereocenters. The van der Waals surface area contributed by atoms with Gasteiger partial charge in [0.1, 0.15) is 11.6 Å². The number of alkyl halides is 3. The standard InChI is InChI=1S/C14H6Cl3F3N2O/c15-5-1-6(12(23)9(17)2-5)13-21-10-3-7(14(18,19)20)8(16)4-11(10)22-13/h1-4,23H,(H,21,22). The summed E-state index contributed by atoms with van der Waals surface area (Å²) in [6.45, 7) is 0. The van der Waals surface area contributed by atoms with Crippen molar-refractivity contribution < 1.29 is 18.3 Å². The molecule has 1 aromatic heterocycles. The van der Waals surface area contributed by atoms with E-state index in [4.69, 9.17) is 34.8 Å². The topological polar surface area (TPSA) is 48.9 Å². The zero-order valence-corrected chi connectivity index (χ0v) is 13.2. The van der Waals surface area contributed by atoms with Crippen molar-refractivity contribution in [3.8, 4) is 17.1 Å². The molecule has 0 aliphatic carbocycles. The Morgan fingerprint density at radius 3 is 2.35 bits per heavy atom. The summed E-state index contributed by atoms with van der Waals surface area (Å²) in [6.07, 6.45) is -4.59. The van der Waals surface area contributed by atoms with Gasteiger partial charge in [0.05, 0.1) is 32.2 Å². The van der Waals surface area contributed by atoms with Crippen LogP contribution in [-0.4, -0.2) is 15.1 Å². The molecular formula is C14H6Cl3F3N2O. The molecule has 120 valence electrons. The zero-order valence-electron chi connectivity index (χ0n) is 11.0. The maximum atomic E-state index is 12.9. The Morgan fingerprint density at radius 1 is 1.00 bits per heavy atom. The van der Waals surface area contributed by atoms with Crippen LogP contribution in [0.5, 0.6) is 5.75 Å². The molecule has 2 aromatic carbocycles. The van der Waals surface area contributed by atoms with Crippen LogP contribution in [0.3, 0.4) is 0 Å². The number of nitrogens with one attached hydrogen (secondary N) is 1. The van der Waals surface area contributed by atoms with E-state index >= 15 is 0 Å². The van der Waals surface area contributed by atoms with E-state index < -0.39 is 16.8 Å². The van der Waals surface area contributed by atoms with E-state index in [0.717, 1.165) is 12.1 Å². The highest BCUT2D eigenvalue weighted by atomic mass is 35.5. The van der Waals surface area contributed by atoms with Gasteiger partial charge in [-0.15, -0.1) is 0 Å². The van der Waals surface area contributed by atoms with Crippen molar-refractivity contribution in [2.24, 2.45) is 0 Å². The number of phenols is 1. The van der Waals surface area contributed by atoms with E-state index in [1.54, 1.807) is 0 Å². The van der Waals surface area contributed by atoms with Gasteiger partial charge in [-0.2, -0.15) is 13.2 Å². The van der Waals surface area contributed by atoms with Crippen LogP contribution in [0.4, 0.5) is 13.2 Å². The maximum Gasteiger partial charge on any atom is 0.417 e. The van der Waals surface area contributed by atoms with Gasteiger partial charge in [-0.05, 0) is 24.3 Å². The summed E-state index contributed by atoms with van der Waals surface area (Å²) < 4.78 is 38.6. The molecule has 3 nitrogen and oxygen atoms in total. The van der Waals surface area contributed by atoms with E-state index in [9.17, 15) is 18.3 Å². The van der Waals surface area contributed by atoms with Crippen molar-refractivity contribution in [3.63, 3.8) is 0 Å². The number of imidazole rings is 1. The SMILES string of the molecule is Oc1c(Cl)cc(Cl)cc1-c1nc2cc(Cl)c(C(F)(F)F)cc2[nH]1. The Hall–Kier alpha value is -1.63. The van der Waals surface area contributed by atoms with Crippen LogP contribution in [0.25, 0.3) is 22.4 Å². The van der Waals surface area contributed by atoms with E-state index in [2.05, 4.69) is 9.97 Å². The number of hydrogen-bond acceptors (Lipinski definition) is 2. The monoisotopic (exact) mass is 380 g/mol. The lowest BCUT2D eigenvalue weighted by atomic mass is 10.2. The molecule has 0 fully saturated rings. The normalized spacial score (nSPS) is 12.1. The first kappa shape index (κ1) is 16.2. The average Bonchev–Trinajstić information content (AvgIpc) is 2.83. The summed E-state index contributed by atoms with van der Waals surface area (Å²) in [4.78, 5) is 6.83. The molecule has 0 aliphatic heterocycles. The van der Waals surface area contributed by atoms with Crippen molar-refractivity contribution >= 4 is 45.8 Å². The first-order chi connectivity index (χ1) is 10.7. The molecule has 3 rings (SSSR count). The predicted molar refractivity (Wildman–Crippen MR) is 83.2 cm³/mol. The molecule has 0 atom stereocenters. The van der Waals surface area contributed by atoms with Gasteiger partial charge in [-0.25, -0.2) is 4.98 Å². The van der Waals surface area contributed by atoms with Gasteiger partial charge >= 0.3 is 6.18 Å². The number of benzene rings is 2. The number of fused-ring (bicyclic) bond motifs is 1. The molecule has 0 bridgehead atoms. The van der Waals surface area contributed by atoms with Crippen molar-refractivity contribution in [2.45, 2.75) is 6.18 Å². The van der Waals surface area contributed by atoms with Gasteiger partial charge in [0.2, 0.25) is 0 Å². The molecule has 23 heavy (non-hydrogen) atoms. The fourth-order valence-corrected chi connectivity index (χ4v) is 2.88. The molecule has 3 aromatic rings. The summed E-state index contributed by atoms with van der Waals surface area (Å²) in [5.41, 5.74) is -0.473. The number of halogens is 6. The Labute approximate surface area is 142 Å². The largest absolute Gasteiger partial charge is 0.506 e. The Bertz CT molecular complexity index is 922. The highest BCUT2D eigenvalue weighted by Gasteiger charge is 2.33. The highest BCUT2D eigenvalue weighted by molar-refractivity contribution is 6.36. The molecule has 0 amide bonds. The van der Waals surface area contributed by atoms with Gasteiger partial charge in [0.25, 0.3) is 0 Å². The molecular weight excluding hydrogens is 376 g/mol. The summed E-state index contributed by atoms with van der Waals surface area (Å²) in [5, 5.41) is 9.77. The van der Waals surface area contributed by atoms with E-state index in [1.165, 1.54) is 12.1 Å². The zero-order chi connectivity index (χ0) is 16.9. The molecule has 1 heterocycles. The number of phenolic OH excluding ortho intramolecular Hbond substituents is 1. The Morgan fingerprint density at radius 2 is 1.70 bits per heavy atom. The molecule has 9 heteroatoms. The number of H-pyrrole nitrogens is 1. The first-order valence-electron chi connectivity index (χ1n) is 6.11. The van der Waals surface area contributed by atoms with Crippen LogP contribution in [0.15, 0.2) is 24.3 Å². The summed E-state index contributed by atoms with van der Waals surface area (Å²) in [7, 11) is 0. The molecule has 2 N–H and O–H groups in total. The smallest absolute Gasteiger partial charge is 0.417 e. The molecule has 0 aliphatic rings. The van der Waals surface area contributed by atoms with Crippen molar-refractivity contribution in [2.75, 3.05) is 0 Å². The molecule has 0 saturated heterocycles. The van der Waals surface area contributed by atoms with Gasteiger partial charge in [-0.1, -0.05) is 34.8 Å². The first-order valence-corrected chi connectivity index (χ1v) is 7.25. The van der Waals surface area contributed by atoms with Gasteiger partial charge in [-0.3, -0.25) is 0 Å². The van der Waals surface area contributed by atoms with E-state index in [0.29, 0.717) is 0 Å². The van der Waals surface area contributed by atoms with Crippen LogP contribution in [0.2, 0.25) is 15.1 Å². The van der Waals surface area contributed by atoms with Gasteiger partial charge < -0.3 is 10.1 Å². The third-order valence-corrected chi connectivity index (χ3v) is 3.98. The number of hydrogen-bond donors (Lipinski definition) is 2. The number of rotatable bonds is 1. The summed E-state index contributed by atoms with van der Waals surface area (Å²) in [5.74, 6) is -0.158. The fourth-order valence-electron chi connectivity index (χ4n) is 2.12. The summed E-state index contributed by atoms with van der Waals surface area (Å²) in [6, 6.07) is 4.69. The quantitative estimate of drug-likeness (QED) is 0.550. The number of aromatic amines is 1. The molecule has 0 radical (unpaired) electrons. The van der Waals surface area contributed by atoms with Crippen molar-refractivity contribution in [3.05, 3.63) is 44.9 Å². The minimum Gasteiger partial charge on any atom is -0.506 e. The van der Waals surface area contributed by atoms with Crippen molar-refractivity contribution in [1.82, 2.24) is 9.97 Å². The minimum absolute atomic E-state index is 0.00182. The highest BCUT2D eigenvalue weighted by Crippen LogP contribution is 2.40. The third kappa shape index (κ3) is 2.94. The fraction of sp³-hybridized carbons (Fsp3) is 0.0714. The van der Waals surface area contributed by atoms with E-state index in [-0.39, 0.29) is 38.2 Å². The molecule has 0 spiro atoms. The second kappa shape index (κ2) is 5.47. The Kier molecular flexibility index (Phi) is 3.86. The lowest BCUT2D eigenvalue weighted by Gasteiger charge is -2.07. The predicted octanol–water partition coefficient (Wildman–Crippen LogP) is 5.91. The van der Waals surface area contributed by atoms with Gasteiger partial charge in [0.15, 0.2) is 0 Å². The van der Waals surface area contributed by atoms with Gasteiger partial charge in [0, 0.05) is 5.02 Å². The van der Waals surface area contributed by atoms with Crippen LogP contribution in [0, 0.1) is 0 Å². The minimum atomic E-state index is -4.59. The van der Waals surface area contributed by atoms with Crippen LogP contribution in [-0.2, 0) is 6.18 Å². The summed E-state index contributed by atoms with van der Waals surface area (Å²) >= 11 is 17.4.